The first-order valence-corrected chi connectivity index (χ1v) is 9.92. The molecule has 0 saturated carbocycles. The summed E-state index contributed by atoms with van der Waals surface area (Å²) in [6, 6.07) is 8.05. The van der Waals surface area contributed by atoms with Gasteiger partial charge in [-0.05, 0) is 43.9 Å². The number of carbonyl (C=O) groups excluding carboxylic acids is 2. The van der Waals surface area contributed by atoms with E-state index in [0.29, 0.717) is 25.0 Å². The Hall–Kier alpha value is -2.38. The predicted octanol–water partition coefficient (Wildman–Crippen LogP) is 1.81. The standard InChI is InChI=1S/C21H29N3O4/c1-13(2)10-16(20(26)23-15-7-5-9-22-12-17(15)25)24-21(27)19-11-14-6-3-4-8-18(14)28-19/h3-4,6,8,11,13,15-17,22,25H,5,7,9-10,12H2,1-2H3,(H,23,26)(H,24,27)/t15?,16?,17-/m0/s1. The molecule has 2 amide bonds. The molecule has 3 atom stereocenters. The fourth-order valence-corrected chi connectivity index (χ4v) is 3.51. The molecular weight excluding hydrogens is 358 g/mol. The molecule has 0 radical (unpaired) electrons. The highest BCUT2D eigenvalue weighted by Crippen LogP contribution is 2.19. The highest BCUT2D eigenvalue weighted by atomic mass is 16.3. The normalized spacial score (nSPS) is 21.3. The van der Waals surface area contributed by atoms with Crippen molar-refractivity contribution in [2.75, 3.05) is 13.1 Å². The molecule has 28 heavy (non-hydrogen) atoms. The van der Waals surface area contributed by atoms with Crippen molar-refractivity contribution >= 4 is 22.8 Å². The molecule has 2 heterocycles. The molecule has 0 bridgehead atoms. The number of aliphatic hydroxyl groups excluding tert-OH is 1. The summed E-state index contributed by atoms with van der Waals surface area (Å²) in [5, 5.41) is 19.9. The van der Waals surface area contributed by atoms with Crippen LogP contribution >= 0.6 is 0 Å². The molecule has 1 saturated heterocycles. The Balaban J connectivity index is 1.69. The van der Waals surface area contributed by atoms with E-state index in [1.165, 1.54) is 0 Å². The van der Waals surface area contributed by atoms with Gasteiger partial charge in [-0.15, -0.1) is 0 Å². The molecule has 1 aliphatic rings. The van der Waals surface area contributed by atoms with E-state index >= 15 is 0 Å². The number of rotatable bonds is 6. The summed E-state index contributed by atoms with van der Waals surface area (Å²) >= 11 is 0. The van der Waals surface area contributed by atoms with Crippen molar-refractivity contribution in [3.8, 4) is 0 Å². The van der Waals surface area contributed by atoms with Crippen LogP contribution in [0.5, 0.6) is 0 Å². The van der Waals surface area contributed by atoms with Crippen molar-refractivity contribution in [1.82, 2.24) is 16.0 Å². The Bertz CT molecular complexity index is 784. The average Bonchev–Trinajstić information content (AvgIpc) is 3.00. The zero-order valence-corrected chi connectivity index (χ0v) is 16.4. The van der Waals surface area contributed by atoms with Gasteiger partial charge in [0.25, 0.3) is 5.91 Å². The van der Waals surface area contributed by atoms with Crippen LogP contribution in [0.1, 0.15) is 43.7 Å². The fourth-order valence-electron chi connectivity index (χ4n) is 3.51. The molecule has 0 aliphatic carbocycles. The Morgan fingerprint density at radius 1 is 1.32 bits per heavy atom. The maximum absolute atomic E-state index is 12.9. The van der Waals surface area contributed by atoms with E-state index in [1.54, 1.807) is 12.1 Å². The van der Waals surface area contributed by atoms with E-state index in [1.807, 2.05) is 32.0 Å². The van der Waals surface area contributed by atoms with Crippen LogP contribution < -0.4 is 16.0 Å². The lowest BCUT2D eigenvalue weighted by Crippen LogP contribution is -2.53. The maximum atomic E-state index is 12.9. The minimum Gasteiger partial charge on any atom is -0.451 e. The second-order valence-corrected chi connectivity index (χ2v) is 7.83. The van der Waals surface area contributed by atoms with E-state index in [4.69, 9.17) is 4.42 Å². The third kappa shape index (κ3) is 5.11. The molecule has 2 unspecified atom stereocenters. The number of para-hydroxylation sites is 1. The van der Waals surface area contributed by atoms with Crippen LogP contribution in [0.3, 0.4) is 0 Å². The van der Waals surface area contributed by atoms with Crippen LogP contribution in [-0.4, -0.2) is 48.2 Å². The lowest BCUT2D eigenvalue weighted by Gasteiger charge is -2.26. The molecule has 1 fully saturated rings. The van der Waals surface area contributed by atoms with Gasteiger partial charge in [0.15, 0.2) is 5.76 Å². The van der Waals surface area contributed by atoms with Gasteiger partial charge in [-0.1, -0.05) is 32.0 Å². The van der Waals surface area contributed by atoms with Crippen LogP contribution in [0.25, 0.3) is 11.0 Å². The SMILES string of the molecule is CC(C)CC(NC(=O)c1cc2ccccc2o1)C(=O)NC1CCCNC[C@@H]1O. The van der Waals surface area contributed by atoms with Crippen molar-refractivity contribution in [2.24, 2.45) is 5.92 Å². The molecular formula is C21H29N3O4. The molecule has 1 aromatic heterocycles. The lowest BCUT2D eigenvalue weighted by molar-refractivity contribution is -0.125. The van der Waals surface area contributed by atoms with Gasteiger partial charge in [0.2, 0.25) is 5.91 Å². The molecule has 1 aliphatic heterocycles. The Morgan fingerprint density at radius 2 is 2.11 bits per heavy atom. The van der Waals surface area contributed by atoms with Crippen LogP contribution in [-0.2, 0) is 4.79 Å². The number of β-amino-alcohol motifs (C(OH)–C–C–N with tert-alkyl or cyclic N) is 1. The van der Waals surface area contributed by atoms with Crippen molar-refractivity contribution in [1.29, 1.82) is 0 Å². The summed E-state index contributed by atoms with van der Waals surface area (Å²) in [6.45, 7) is 5.27. The second kappa shape index (κ2) is 9.21. The Kier molecular flexibility index (Phi) is 6.70. The minimum absolute atomic E-state index is 0.182. The van der Waals surface area contributed by atoms with Gasteiger partial charge in [0.05, 0.1) is 12.1 Å². The second-order valence-electron chi connectivity index (χ2n) is 7.83. The molecule has 4 N–H and O–H groups in total. The number of amides is 2. The minimum atomic E-state index is -0.691. The first-order valence-electron chi connectivity index (χ1n) is 9.92. The van der Waals surface area contributed by atoms with Gasteiger partial charge in [-0.25, -0.2) is 0 Å². The third-order valence-electron chi connectivity index (χ3n) is 4.99. The summed E-state index contributed by atoms with van der Waals surface area (Å²) < 4.78 is 5.61. The van der Waals surface area contributed by atoms with Gasteiger partial charge >= 0.3 is 0 Å². The number of hydrogen-bond donors (Lipinski definition) is 4. The average molecular weight is 387 g/mol. The van der Waals surface area contributed by atoms with E-state index in [2.05, 4.69) is 16.0 Å². The number of fused-ring (bicyclic) bond motifs is 1. The zero-order chi connectivity index (χ0) is 20.1. The van der Waals surface area contributed by atoms with Crippen molar-refractivity contribution < 1.29 is 19.1 Å². The van der Waals surface area contributed by atoms with E-state index in [-0.39, 0.29) is 23.6 Å². The third-order valence-corrected chi connectivity index (χ3v) is 4.99. The smallest absolute Gasteiger partial charge is 0.287 e. The largest absolute Gasteiger partial charge is 0.451 e. The van der Waals surface area contributed by atoms with E-state index in [9.17, 15) is 14.7 Å². The highest BCUT2D eigenvalue weighted by molar-refractivity contribution is 5.98. The molecule has 1 aromatic carbocycles. The Labute approximate surface area is 164 Å². The zero-order valence-electron chi connectivity index (χ0n) is 16.4. The number of furan rings is 1. The Morgan fingerprint density at radius 3 is 2.86 bits per heavy atom. The fraction of sp³-hybridized carbons (Fsp3) is 0.524. The molecule has 7 heteroatoms. The topological polar surface area (TPSA) is 104 Å². The maximum Gasteiger partial charge on any atom is 0.287 e. The van der Waals surface area contributed by atoms with Crippen LogP contribution in [0, 0.1) is 5.92 Å². The van der Waals surface area contributed by atoms with Crippen molar-refractivity contribution in [3.63, 3.8) is 0 Å². The molecule has 0 spiro atoms. The summed E-state index contributed by atoms with van der Waals surface area (Å²) in [7, 11) is 0. The number of hydrogen-bond acceptors (Lipinski definition) is 5. The van der Waals surface area contributed by atoms with Crippen LogP contribution in [0.15, 0.2) is 34.7 Å². The van der Waals surface area contributed by atoms with Gasteiger partial charge in [-0.2, -0.15) is 0 Å². The van der Waals surface area contributed by atoms with Crippen LogP contribution in [0.4, 0.5) is 0 Å². The monoisotopic (exact) mass is 387 g/mol. The van der Waals surface area contributed by atoms with Crippen molar-refractivity contribution in [2.45, 2.75) is 51.3 Å². The molecule has 2 aromatic rings. The summed E-state index contributed by atoms with van der Waals surface area (Å²) in [4.78, 5) is 25.5. The van der Waals surface area contributed by atoms with Gasteiger partial charge < -0.3 is 25.5 Å². The van der Waals surface area contributed by atoms with Gasteiger partial charge in [-0.3, -0.25) is 9.59 Å². The summed E-state index contributed by atoms with van der Waals surface area (Å²) in [6.07, 6.45) is 1.43. The van der Waals surface area contributed by atoms with Gasteiger partial charge in [0, 0.05) is 11.9 Å². The lowest BCUT2D eigenvalue weighted by atomic mass is 10.0. The number of benzene rings is 1. The van der Waals surface area contributed by atoms with Gasteiger partial charge in [0.1, 0.15) is 11.6 Å². The first kappa shape index (κ1) is 20.4. The number of nitrogens with one attached hydrogen (secondary N) is 3. The number of carbonyl (C=O) groups is 2. The first-order chi connectivity index (χ1) is 13.4. The van der Waals surface area contributed by atoms with E-state index in [0.717, 1.165) is 18.4 Å². The van der Waals surface area contributed by atoms with E-state index < -0.39 is 18.1 Å². The number of aliphatic hydroxyl groups is 1. The quantitative estimate of drug-likeness (QED) is 0.605. The highest BCUT2D eigenvalue weighted by Gasteiger charge is 2.29. The van der Waals surface area contributed by atoms with Crippen molar-refractivity contribution in [3.05, 3.63) is 36.1 Å². The summed E-state index contributed by atoms with van der Waals surface area (Å²) in [5.41, 5.74) is 0.631. The molecule has 152 valence electrons. The molecule has 7 nitrogen and oxygen atoms in total. The predicted molar refractivity (Wildman–Crippen MR) is 107 cm³/mol. The summed E-state index contributed by atoms with van der Waals surface area (Å²) in [5.74, 6) is -0.293. The molecule has 3 rings (SSSR count). The van der Waals surface area contributed by atoms with Crippen LogP contribution in [0.2, 0.25) is 0 Å².